The molecular formula is C11H16N2O4S. The van der Waals surface area contributed by atoms with Crippen molar-refractivity contribution in [3.05, 3.63) is 23.8 Å². The standard InChI is InChI=1S/C11H16N2O4S/c1-17-10-8(4-3-5-9(10)12)11(14)13-6-7-18(2,15)16/h3-5H,6-7,12H2,1-2H3,(H,13,14). The summed E-state index contributed by atoms with van der Waals surface area (Å²) in [5, 5.41) is 2.50. The highest BCUT2D eigenvalue weighted by Crippen LogP contribution is 2.25. The van der Waals surface area contributed by atoms with E-state index in [0.717, 1.165) is 6.26 Å². The van der Waals surface area contributed by atoms with Crippen LogP contribution in [0, 0.1) is 0 Å². The van der Waals surface area contributed by atoms with E-state index in [2.05, 4.69) is 5.32 Å². The molecule has 0 aliphatic rings. The molecule has 0 saturated carbocycles. The van der Waals surface area contributed by atoms with E-state index in [-0.39, 0.29) is 23.6 Å². The summed E-state index contributed by atoms with van der Waals surface area (Å²) in [4.78, 5) is 11.8. The van der Waals surface area contributed by atoms with Crippen LogP contribution < -0.4 is 15.8 Å². The van der Waals surface area contributed by atoms with Gasteiger partial charge in [0.15, 0.2) is 5.75 Å². The Labute approximate surface area is 106 Å². The van der Waals surface area contributed by atoms with Gasteiger partial charge in [-0.1, -0.05) is 6.07 Å². The second-order valence-electron chi connectivity index (χ2n) is 3.81. The van der Waals surface area contributed by atoms with E-state index in [1.54, 1.807) is 18.2 Å². The lowest BCUT2D eigenvalue weighted by Crippen LogP contribution is -2.29. The van der Waals surface area contributed by atoms with Gasteiger partial charge in [-0.15, -0.1) is 0 Å². The number of methoxy groups -OCH3 is 1. The van der Waals surface area contributed by atoms with Gasteiger partial charge in [0.05, 0.1) is 24.1 Å². The fourth-order valence-corrected chi connectivity index (χ4v) is 1.88. The fraction of sp³-hybridized carbons (Fsp3) is 0.364. The number of nitrogens with two attached hydrogens (primary N) is 1. The zero-order valence-electron chi connectivity index (χ0n) is 10.3. The molecule has 0 aliphatic carbocycles. The van der Waals surface area contributed by atoms with E-state index in [1.807, 2.05) is 0 Å². The smallest absolute Gasteiger partial charge is 0.255 e. The molecule has 1 aromatic rings. The number of rotatable bonds is 5. The summed E-state index contributed by atoms with van der Waals surface area (Å²) >= 11 is 0. The van der Waals surface area contributed by atoms with Gasteiger partial charge in [0.25, 0.3) is 5.91 Å². The number of hydrogen-bond acceptors (Lipinski definition) is 5. The zero-order chi connectivity index (χ0) is 13.8. The highest BCUT2D eigenvalue weighted by Gasteiger charge is 2.14. The van der Waals surface area contributed by atoms with Gasteiger partial charge in [-0.25, -0.2) is 8.42 Å². The minimum Gasteiger partial charge on any atom is -0.494 e. The van der Waals surface area contributed by atoms with Gasteiger partial charge in [-0.05, 0) is 12.1 Å². The molecule has 18 heavy (non-hydrogen) atoms. The first kappa shape index (κ1) is 14.3. The quantitative estimate of drug-likeness (QED) is 0.738. The van der Waals surface area contributed by atoms with Gasteiger partial charge < -0.3 is 15.8 Å². The van der Waals surface area contributed by atoms with E-state index >= 15 is 0 Å². The van der Waals surface area contributed by atoms with Crippen LogP contribution in [-0.2, 0) is 9.84 Å². The minimum absolute atomic E-state index is 0.0512. The van der Waals surface area contributed by atoms with E-state index < -0.39 is 15.7 Å². The molecule has 0 bridgehead atoms. The summed E-state index contributed by atoms with van der Waals surface area (Å²) in [6.07, 6.45) is 1.11. The number of sulfone groups is 1. The number of nitrogens with one attached hydrogen (secondary N) is 1. The first-order valence-electron chi connectivity index (χ1n) is 5.23. The van der Waals surface area contributed by atoms with Gasteiger partial charge in [0.1, 0.15) is 9.84 Å². The molecule has 1 aromatic carbocycles. The normalized spacial score (nSPS) is 11.0. The van der Waals surface area contributed by atoms with Crippen molar-refractivity contribution in [1.29, 1.82) is 0 Å². The minimum atomic E-state index is -3.10. The molecule has 1 rings (SSSR count). The molecule has 0 spiro atoms. The summed E-state index contributed by atoms with van der Waals surface area (Å²) in [6.45, 7) is 0.0512. The lowest BCUT2D eigenvalue weighted by atomic mass is 10.1. The fourth-order valence-electron chi connectivity index (χ4n) is 1.41. The molecule has 3 N–H and O–H groups in total. The first-order valence-corrected chi connectivity index (χ1v) is 7.29. The number of hydrogen-bond donors (Lipinski definition) is 2. The van der Waals surface area contributed by atoms with Crippen molar-refractivity contribution in [1.82, 2.24) is 5.32 Å². The molecule has 0 aliphatic heterocycles. The maximum Gasteiger partial charge on any atom is 0.255 e. The van der Waals surface area contributed by atoms with Crippen molar-refractivity contribution in [2.24, 2.45) is 0 Å². The van der Waals surface area contributed by atoms with Crippen LogP contribution in [0.1, 0.15) is 10.4 Å². The van der Waals surface area contributed by atoms with Crippen molar-refractivity contribution in [3.63, 3.8) is 0 Å². The first-order chi connectivity index (χ1) is 8.35. The molecule has 0 saturated heterocycles. The summed E-state index contributed by atoms with van der Waals surface area (Å²) in [5.74, 6) is -0.235. The molecule has 1 amide bonds. The highest BCUT2D eigenvalue weighted by atomic mass is 32.2. The average Bonchev–Trinajstić information content (AvgIpc) is 2.26. The molecule has 0 heterocycles. The third kappa shape index (κ3) is 3.92. The molecule has 100 valence electrons. The Morgan fingerprint density at radius 3 is 2.67 bits per heavy atom. The van der Waals surface area contributed by atoms with E-state index in [9.17, 15) is 13.2 Å². The van der Waals surface area contributed by atoms with Crippen LogP contribution in [0.25, 0.3) is 0 Å². The lowest BCUT2D eigenvalue weighted by molar-refractivity contribution is 0.0953. The van der Waals surface area contributed by atoms with Crippen molar-refractivity contribution < 1.29 is 17.9 Å². The maximum atomic E-state index is 11.8. The van der Waals surface area contributed by atoms with Crippen molar-refractivity contribution in [2.45, 2.75) is 0 Å². The van der Waals surface area contributed by atoms with E-state index in [4.69, 9.17) is 10.5 Å². The molecule has 0 unspecified atom stereocenters. The number of amides is 1. The Hall–Kier alpha value is -1.76. The van der Waals surface area contributed by atoms with E-state index in [0.29, 0.717) is 5.69 Å². The number of nitrogen functional groups attached to an aromatic ring is 1. The molecule has 0 atom stereocenters. The number of carbonyl (C=O) groups excluding carboxylic acids is 1. The zero-order valence-corrected chi connectivity index (χ0v) is 11.1. The summed E-state index contributed by atoms with van der Waals surface area (Å²) < 4.78 is 26.9. The number of ether oxygens (including phenoxy) is 1. The molecule has 0 radical (unpaired) electrons. The number of benzene rings is 1. The van der Waals surface area contributed by atoms with Crippen molar-refractivity contribution in [2.75, 3.05) is 31.4 Å². The van der Waals surface area contributed by atoms with Crippen LogP contribution >= 0.6 is 0 Å². The Bertz CT molecular complexity index is 540. The Balaban J connectivity index is 2.76. The Morgan fingerprint density at radius 1 is 1.44 bits per heavy atom. The highest BCUT2D eigenvalue weighted by molar-refractivity contribution is 7.90. The maximum absolute atomic E-state index is 11.8. The van der Waals surface area contributed by atoms with Crippen molar-refractivity contribution >= 4 is 21.4 Å². The third-order valence-electron chi connectivity index (χ3n) is 2.25. The topological polar surface area (TPSA) is 98.5 Å². The lowest BCUT2D eigenvalue weighted by Gasteiger charge is -2.10. The summed E-state index contributed by atoms with van der Waals surface area (Å²) in [7, 11) is -1.68. The monoisotopic (exact) mass is 272 g/mol. The molecule has 7 heteroatoms. The van der Waals surface area contributed by atoms with Gasteiger partial charge >= 0.3 is 0 Å². The van der Waals surface area contributed by atoms with Crippen LogP contribution in [0.15, 0.2) is 18.2 Å². The summed E-state index contributed by atoms with van der Waals surface area (Å²) in [6, 6.07) is 4.81. The Kier molecular flexibility index (Phi) is 4.55. The molecule has 0 aromatic heterocycles. The predicted octanol–water partition coefficient (Wildman–Crippen LogP) is 0.0518. The van der Waals surface area contributed by atoms with Crippen LogP contribution in [-0.4, -0.2) is 40.0 Å². The predicted molar refractivity (Wildman–Crippen MR) is 69.5 cm³/mol. The van der Waals surface area contributed by atoms with Gasteiger partial charge in [-0.2, -0.15) is 0 Å². The average molecular weight is 272 g/mol. The van der Waals surface area contributed by atoms with Crippen LogP contribution in [0.4, 0.5) is 5.69 Å². The van der Waals surface area contributed by atoms with Crippen LogP contribution in [0.3, 0.4) is 0 Å². The van der Waals surface area contributed by atoms with Gasteiger partial charge in [-0.3, -0.25) is 4.79 Å². The number of para-hydroxylation sites is 1. The second-order valence-corrected chi connectivity index (χ2v) is 6.07. The summed E-state index contributed by atoms with van der Waals surface area (Å²) in [5.41, 5.74) is 6.30. The number of carbonyl (C=O) groups is 1. The van der Waals surface area contributed by atoms with Crippen molar-refractivity contribution in [3.8, 4) is 5.75 Å². The van der Waals surface area contributed by atoms with Crippen LogP contribution in [0.2, 0.25) is 0 Å². The molecule has 0 fully saturated rings. The Morgan fingerprint density at radius 2 is 2.11 bits per heavy atom. The molecule has 6 nitrogen and oxygen atoms in total. The second kappa shape index (κ2) is 5.72. The van der Waals surface area contributed by atoms with E-state index in [1.165, 1.54) is 7.11 Å². The van der Waals surface area contributed by atoms with Gasteiger partial charge in [0.2, 0.25) is 0 Å². The SMILES string of the molecule is COc1c(N)cccc1C(=O)NCCS(C)(=O)=O. The molecular weight excluding hydrogens is 256 g/mol. The third-order valence-corrected chi connectivity index (χ3v) is 3.20. The largest absolute Gasteiger partial charge is 0.494 e. The van der Waals surface area contributed by atoms with Gasteiger partial charge in [0, 0.05) is 12.8 Å². The number of anilines is 1. The van der Waals surface area contributed by atoms with Crippen LogP contribution in [0.5, 0.6) is 5.75 Å².